The highest BCUT2D eigenvalue weighted by atomic mass is 14.1. The average molecular weight is 280 g/mol. The first-order valence-corrected chi connectivity index (χ1v) is 8.35. The molecule has 0 amide bonds. The van der Waals surface area contributed by atoms with E-state index in [-0.39, 0.29) is 0 Å². The molecule has 0 nitrogen and oxygen atoms in total. The number of hydrogen-bond donors (Lipinski definition) is 0. The van der Waals surface area contributed by atoms with E-state index in [0.29, 0.717) is 0 Å². The van der Waals surface area contributed by atoms with Crippen molar-refractivity contribution in [2.24, 2.45) is 5.92 Å². The average Bonchev–Trinajstić information content (AvgIpc) is 2.49. The molecule has 2 rings (SSSR count). The Morgan fingerprint density at radius 2 is 1.38 bits per heavy atom. The molecule has 0 saturated carbocycles. The summed E-state index contributed by atoms with van der Waals surface area (Å²) < 4.78 is 0. The molecule has 1 unspecified atom stereocenters. The third kappa shape index (κ3) is 5.04. The minimum absolute atomic E-state index is 0.877. The molecule has 0 radical (unpaired) electrons. The molecular weight excluding hydrogens is 252 g/mol. The van der Waals surface area contributed by atoms with Gasteiger partial charge in [-0.25, -0.2) is 0 Å². The summed E-state index contributed by atoms with van der Waals surface area (Å²) in [5, 5.41) is 0. The van der Waals surface area contributed by atoms with Gasteiger partial charge in [0.05, 0.1) is 0 Å². The summed E-state index contributed by atoms with van der Waals surface area (Å²) in [5.74, 6) is 0.877. The van der Waals surface area contributed by atoms with Crippen molar-refractivity contribution in [2.45, 2.75) is 52.9 Å². The highest BCUT2D eigenvalue weighted by Crippen LogP contribution is 2.21. The van der Waals surface area contributed by atoms with Crippen LogP contribution in [0.25, 0.3) is 11.1 Å². The van der Waals surface area contributed by atoms with Crippen LogP contribution in [0, 0.1) is 12.8 Å². The van der Waals surface area contributed by atoms with E-state index in [9.17, 15) is 0 Å². The number of rotatable bonds is 7. The van der Waals surface area contributed by atoms with Crippen molar-refractivity contribution in [1.29, 1.82) is 0 Å². The molecule has 0 fully saturated rings. The standard InChI is InChI=1S/C21H28/c1-4-6-17(2)7-5-8-19-11-15-21(16-12-19)20-13-9-18(3)10-14-20/h9-17H,4-8H2,1-3H3. The van der Waals surface area contributed by atoms with E-state index in [1.165, 1.54) is 54.4 Å². The van der Waals surface area contributed by atoms with Crippen molar-refractivity contribution in [3.8, 4) is 11.1 Å². The molecule has 0 aliphatic heterocycles. The third-order valence-corrected chi connectivity index (χ3v) is 4.28. The maximum absolute atomic E-state index is 2.38. The van der Waals surface area contributed by atoms with Gasteiger partial charge in [0.15, 0.2) is 0 Å². The van der Waals surface area contributed by atoms with Crippen LogP contribution < -0.4 is 0 Å². The van der Waals surface area contributed by atoms with Gasteiger partial charge in [-0.15, -0.1) is 0 Å². The largest absolute Gasteiger partial charge is 0.0654 e. The number of aryl methyl sites for hydroxylation is 2. The van der Waals surface area contributed by atoms with E-state index in [1.807, 2.05) is 0 Å². The zero-order valence-electron chi connectivity index (χ0n) is 13.7. The Kier molecular flexibility index (Phi) is 6.04. The topological polar surface area (TPSA) is 0 Å². The molecule has 0 saturated heterocycles. The molecule has 0 heterocycles. The van der Waals surface area contributed by atoms with Crippen molar-refractivity contribution in [1.82, 2.24) is 0 Å². The molecule has 0 spiro atoms. The fraction of sp³-hybridized carbons (Fsp3) is 0.429. The quantitative estimate of drug-likeness (QED) is 0.549. The van der Waals surface area contributed by atoms with Gasteiger partial charge in [-0.1, -0.05) is 87.2 Å². The molecule has 0 N–H and O–H groups in total. The van der Waals surface area contributed by atoms with Crippen LogP contribution in [0.4, 0.5) is 0 Å². The van der Waals surface area contributed by atoms with Crippen LogP contribution in [0.15, 0.2) is 48.5 Å². The summed E-state index contributed by atoms with van der Waals surface area (Å²) in [6.45, 7) is 6.79. The maximum atomic E-state index is 2.38. The van der Waals surface area contributed by atoms with Crippen LogP contribution in [0.5, 0.6) is 0 Å². The maximum Gasteiger partial charge on any atom is -0.0184 e. The van der Waals surface area contributed by atoms with Gasteiger partial charge in [-0.3, -0.25) is 0 Å². The van der Waals surface area contributed by atoms with Crippen LogP contribution in [0.2, 0.25) is 0 Å². The van der Waals surface area contributed by atoms with Crippen LogP contribution in [0.3, 0.4) is 0 Å². The Labute approximate surface area is 130 Å². The summed E-state index contributed by atoms with van der Waals surface area (Å²) in [6, 6.07) is 17.9. The summed E-state index contributed by atoms with van der Waals surface area (Å²) in [7, 11) is 0. The SMILES string of the molecule is CCCC(C)CCCc1ccc(-c2ccc(C)cc2)cc1. The van der Waals surface area contributed by atoms with Gasteiger partial charge in [0, 0.05) is 0 Å². The molecule has 0 aliphatic rings. The third-order valence-electron chi connectivity index (χ3n) is 4.28. The van der Waals surface area contributed by atoms with Gasteiger partial charge in [-0.2, -0.15) is 0 Å². The van der Waals surface area contributed by atoms with Crippen molar-refractivity contribution >= 4 is 0 Å². The van der Waals surface area contributed by atoms with E-state index < -0.39 is 0 Å². The Bertz CT molecular complexity index is 519. The van der Waals surface area contributed by atoms with Crippen LogP contribution in [-0.2, 0) is 6.42 Å². The first-order chi connectivity index (χ1) is 10.2. The second-order valence-corrected chi connectivity index (χ2v) is 6.35. The monoisotopic (exact) mass is 280 g/mol. The smallest absolute Gasteiger partial charge is 0.0184 e. The molecule has 2 aromatic carbocycles. The van der Waals surface area contributed by atoms with Gasteiger partial charge in [0.1, 0.15) is 0 Å². The first-order valence-electron chi connectivity index (χ1n) is 8.35. The molecule has 112 valence electrons. The fourth-order valence-electron chi connectivity index (χ4n) is 2.90. The Morgan fingerprint density at radius 1 is 0.810 bits per heavy atom. The Morgan fingerprint density at radius 3 is 1.95 bits per heavy atom. The molecule has 2 aromatic rings. The predicted octanol–water partition coefficient (Wildman–Crippen LogP) is 6.42. The second kappa shape index (κ2) is 8.02. The summed E-state index contributed by atoms with van der Waals surface area (Å²) >= 11 is 0. The highest BCUT2D eigenvalue weighted by Gasteiger charge is 2.02. The normalized spacial score (nSPS) is 12.3. The van der Waals surface area contributed by atoms with Crippen molar-refractivity contribution in [2.75, 3.05) is 0 Å². The Hall–Kier alpha value is -1.56. The lowest BCUT2D eigenvalue weighted by molar-refractivity contribution is 0.469. The molecule has 0 aliphatic carbocycles. The van der Waals surface area contributed by atoms with Crippen LogP contribution in [0.1, 0.15) is 50.7 Å². The molecule has 0 bridgehead atoms. The predicted molar refractivity (Wildman–Crippen MR) is 93.6 cm³/mol. The van der Waals surface area contributed by atoms with E-state index in [2.05, 4.69) is 69.3 Å². The van der Waals surface area contributed by atoms with Crippen molar-refractivity contribution in [3.05, 3.63) is 59.7 Å². The minimum Gasteiger partial charge on any atom is -0.0654 e. The summed E-state index contributed by atoms with van der Waals surface area (Å²) in [5.41, 5.74) is 5.41. The van der Waals surface area contributed by atoms with Gasteiger partial charge in [-0.05, 0) is 42.4 Å². The van der Waals surface area contributed by atoms with E-state index in [4.69, 9.17) is 0 Å². The lowest BCUT2D eigenvalue weighted by Crippen LogP contribution is -1.95. The molecule has 1 atom stereocenters. The fourth-order valence-corrected chi connectivity index (χ4v) is 2.90. The first kappa shape index (κ1) is 15.8. The van der Waals surface area contributed by atoms with E-state index in [0.717, 1.165) is 5.92 Å². The highest BCUT2D eigenvalue weighted by molar-refractivity contribution is 5.63. The van der Waals surface area contributed by atoms with Gasteiger partial charge >= 0.3 is 0 Å². The van der Waals surface area contributed by atoms with E-state index in [1.54, 1.807) is 0 Å². The summed E-state index contributed by atoms with van der Waals surface area (Å²) in [4.78, 5) is 0. The molecular formula is C21H28. The number of hydrogen-bond acceptors (Lipinski definition) is 0. The van der Waals surface area contributed by atoms with Crippen molar-refractivity contribution < 1.29 is 0 Å². The van der Waals surface area contributed by atoms with Crippen molar-refractivity contribution in [3.63, 3.8) is 0 Å². The van der Waals surface area contributed by atoms with Gasteiger partial charge in [0.2, 0.25) is 0 Å². The van der Waals surface area contributed by atoms with Crippen LogP contribution in [-0.4, -0.2) is 0 Å². The molecule has 0 heteroatoms. The number of benzene rings is 2. The molecule has 0 aromatic heterocycles. The van der Waals surface area contributed by atoms with Gasteiger partial charge < -0.3 is 0 Å². The lowest BCUT2D eigenvalue weighted by Gasteiger charge is -2.10. The van der Waals surface area contributed by atoms with Gasteiger partial charge in [0.25, 0.3) is 0 Å². The summed E-state index contributed by atoms with van der Waals surface area (Å²) in [6.07, 6.45) is 6.56. The van der Waals surface area contributed by atoms with Crippen LogP contribution >= 0.6 is 0 Å². The van der Waals surface area contributed by atoms with E-state index >= 15 is 0 Å². The second-order valence-electron chi connectivity index (χ2n) is 6.35. The molecule has 21 heavy (non-hydrogen) atoms. The zero-order chi connectivity index (χ0) is 15.1. The lowest BCUT2D eigenvalue weighted by atomic mass is 9.96. The Balaban J connectivity index is 1.88. The minimum atomic E-state index is 0.877. The zero-order valence-corrected chi connectivity index (χ0v) is 13.7.